The van der Waals surface area contributed by atoms with Gasteiger partial charge in [-0.15, -0.1) is 15.3 Å². The number of rotatable bonds is 2. The van der Waals surface area contributed by atoms with E-state index in [9.17, 15) is 0 Å². The highest BCUT2D eigenvalue weighted by Gasteiger charge is 2.17. The van der Waals surface area contributed by atoms with Crippen LogP contribution in [0, 0.1) is 0 Å². The first kappa shape index (κ1) is 8.39. The first-order valence-electron chi connectivity index (χ1n) is 4.89. The van der Waals surface area contributed by atoms with Crippen LogP contribution in [-0.4, -0.2) is 29.5 Å². The molecule has 0 saturated heterocycles. The predicted octanol–water partition coefficient (Wildman–Crippen LogP) is -0.554. The summed E-state index contributed by atoms with van der Waals surface area (Å²) < 4.78 is 3.81. The molecule has 7 nitrogen and oxygen atoms in total. The molecule has 0 fully saturated rings. The molecular formula is C8H11N7. The van der Waals surface area contributed by atoms with E-state index in [1.54, 1.807) is 11.0 Å². The Morgan fingerprint density at radius 3 is 3.13 bits per heavy atom. The normalized spacial score (nSPS) is 14.4. The van der Waals surface area contributed by atoms with Crippen molar-refractivity contribution in [2.45, 2.75) is 25.9 Å². The average Bonchev–Trinajstić information content (AvgIpc) is 2.85. The Hall–Kier alpha value is -1.92. The Kier molecular flexibility index (Phi) is 1.70. The van der Waals surface area contributed by atoms with Crippen molar-refractivity contribution in [3.63, 3.8) is 0 Å². The fraction of sp³-hybridized carbons (Fsp3) is 0.500. The van der Waals surface area contributed by atoms with E-state index in [0.29, 0.717) is 6.54 Å². The van der Waals surface area contributed by atoms with Gasteiger partial charge in [0.15, 0.2) is 5.82 Å². The summed E-state index contributed by atoms with van der Waals surface area (Å²) in [4.78, 5) is 3.86. The summed E-state index contributed by atoms with van der Waals surface area (Å²) >= 11 is 0. The third-order valence-corrected chi connectivity index (χ3v) is 2.54. The van der Waals surface area contributed by atoms with Crippen LogP contribution < -0.4 is 5.73 Å². The van der Waals surface area contributed by atoms with Crippen molar-refractivity contribution in [3.8, 4) is 0 Å². The fourth-order valence-electron chi connectivity index (χ4n) is 1.86. The summed E-state index contributed by atoms with van der Waals surface area (Å²) in [5, 5.41) is 12.3. The Morgan fingerprint density at radius 2 is 2.33 bits per heavy atom. The largest absolute Gasteiger partial charge is 0.367 e. The highest BCUT2D eigenvalue weighted by molar-refractivity contribution is 5.10. The third kappa shape index (κ3) is 1.36. The lowest BCUT2D eigenvalue weighted by atomic mass is 10.4. The Balaban J connectivity index is 1.88. The lowest BCUT2D eigenvalue weighted by Gasteiger charge is -2.01. The molecule has 0 atom stereocenters. The molecule has 0 spiro atoms. The van der Waals surface area contributed by atoms with E-state index in [1.807, 2.05) is 0 Å². The Morgan fingerprint density at radius 1 is 1.40 bits per heavy atom. The van der Waals surface area contributed by atoms with Crippen LogP contribution in [0.2, 0.25) is 0 Å². The van der Waals surface area contributed by atoms with Crippen molar-refractivity contribution in [1.82, 2.24) is 29.5 Å². The van der Waals surface area contributed by atoms with E-state index in [1.165, 1.54) is 0 Å². The molecule has 2 aromatic heterocycles. The topological polar surface area (TPSA) is 87.4 Å². The second-order valence-corrected chi connectivity index (χ2v) is 3.59. The van der Waals surface area contributed by atoms with Crippen LogP contribution in [0.5, 0.6) is 0 Å². The van der Waals surface area contributed by atoms with E-state index in [0.717, 1.165) is 31.0 Å². The van der Waals surface area contributed by atoms with Gasteiger partial charge in [0.25, 0.3) is 0 Å². The van der Waals surface area contributed by atoms with Crippen LogP contribution in [0.25, 0.3) is 0 Å². The molecule has 0 bridgehead atoms. The van der Waals surface area contributed by atoms with Crippen LogP contribution in [0.4, 0.5) is 5.95 Å². The number of fused-ring (bicyclic) bond motifs is 1. The maximum Gasteiger partial charge on any atom is 0.239 e. The molecular weight excluding hydrogens is 194 g/mol. The summed E-state index contributed by atoms with van der Waals surface area (Å²) in [6.07, 6.45) is 3.77. The van der Waals surface area contributed by atoms with Gasteiger partial charge in [-0.3, -0.25) is 0 Å². The molecule has 0 aliphatic carbocycles. The summed E-state index contributed by atoms with van der Waals surface area (Å²) in [5.41, 5.74) is 5.43. The van der Waals surface area contributed by atoms with Gasteiger partial charge in [-0.1, -0.05) is 0 Å². The Bertz CT molecular complexity index is 483. The highest BCUT2D eigenvalue weighted by Crippen LogP contribution is 2.14. The van der Waals surface area contributed by atoms with Gasteiger partial charge >= 0.3 is 0 Å². The van der Waals surface area contributed by atoms with E-state index in [4.69, 9.17) is 5.73 Å². The maximum absolute atomic E-state index is 5.43. The van der Waals surface area contributed by atoms with Crippen molar-refractivity contribution in [2.75, 3.05) is 5.73 Å². The molecule has 0 aromatic carbocycles. The summed E-state index contributed by atoms with van der Waals surface area (Å²) in [5.74, 6) is 2.28. The minimum absolute atomic E-state index is 0.288. The highest BCUT2D eigenvalue weighted by atomic mass is 15.4. The SMILES string of the molecule is Nc1ncn(Cc2nnc3n2CCC3)n1. The number of aromatic nitrogens is 6. The van der Waals surface area contributed by atoms with Crippen molar-refractivity contribution in [1.29, 1.82) is 0 Å². The zero-order valence-electron chi connectivity index (χ0n) is 8.17. The number of anilines is 1. The van der Waals surface area contributed by atoms with E-state index in [2.05, 4.69) is 24.8 Å². The van der Waals surface area contributed by atoms with Crippen molar-refractivity contribution in [3.05, 3.63) is 18.0 Å². The van der Waals surface area contributed by atoms with Crippen molar-refractivity contribution >= 4 is 5.95 Å². The monoisotopic (exact) mass is 205 g/mol. The van der Waals surface area contributed by atoms with E-state index < -0.39 is 0 Å². The molecule has 1 aliphatic rings. The predicted molar refractivity (Wildman–Crippen MR) is 51.9 cm³/mol. The minimum atomic E-state index is 0.288. The quantitative estimate of drug-likeness (QED) is 0.710. The van der Waals surface area contributed by atoms with Gasteiger partial charge in [0.2, 0.25) is 5.95 Å². The lowest BCUT2D eigenvalue weighted by molar-refractivity contribution is 0.604. The molecule has 0 amide bonds. The summed E-state index contributed by atoms with van der Waals surface area (Å²) in [6, 6.07) is 0. The van der Waals surface area contributed by atoms with E-state index >= 15 is 0 Å². The first-order valence-corrected chi connectivity index (χ1v) is 4.89. The number of nitrogens with two attached hydrogens (primary N) is 1. The van der Waals surface area contributed by atoms with Crippen LogP contribution in [0.3, 0.4) is 0 Å². The zero-order valence-corrected chi connectivity index (χ0v) is 8.17. The van der Waals surface area contributed by atoms with E-state index in [-0.39, 0.29) is 5.95 Å². The summed E-state index contributed by atoms with van der Waals surface area (Å²) in [6.45, 7) is 1.58. The molecule has 0 radical (unpaired) electrons. The van der Waals surface area contributed by atoms with Crippen LogP contribution in [0.15, 0.2) is 6.33 Å². The van der Waals surface area contributed by atoms with Gasteiger partial charge in [-0.2, -0.15) is 0 Å². The summed E-state index contributed by atoms with van der Waals surface area (Å²) in [7, 11) is 0. The average molecular weight is 205 g/mol. The molecule has 15 heavy (non-hydrogen) atoms. The smallest absolute Gasteiger partial charge is 0.239 e. The maximum atomic E-state index is 5.43. The fourth-order valence-corrected chi connectivity index (χ4v) is 1.86. The molecule has 0 unspecified atom stereocenters. The van der Waals surface area contributed by atoms with Crippen molar-refractivity contribution in [2.24, 2.45) is 0 Å². The molecule has 78 valence electrons. The van der Waals surface area contributed by atoms with Crippen LogP contribution in [-0.2, 0) is 19.5 Å². The van der Waals surface area contributed by atoms with Crippen LogP contribution in [0.1, 0.15) is 18.1 Å². The van der Waals surface area contributed by atoms with Gasteiger partial charge in [0, 0.05) is 13.0 Å². The number of hydrogen-bond acceptors (Lipinski definition) is 5. The number of nitrogen functional groups attached to an aromatic ring is 1. The molecule has 7 heteroatoms. The van der Waals surface area contributed by atoms with Crippen molar-refractivity contribution < 1.29 is 0 Å². The molecule has 2 aromatic rings. The van der Waals surface area contributed by atoms with Gasteiger partial charge in [-0.05, 0) is 6.42 Å². The molecule has 0 saturated carbocycles. The minimum Gasteiger partial charge on any atom is -0.367 e. The Labute approximate surface area is 85.9 Å². The van der Waals surface area contributed by atoms with Gasteiger partial charge in [0.05, 0.1) is 0 Å². The lowest BCUT2D eigenvalue weighted by Crippen LogP contribution is -2.08. The van der Waals surface area contributed by atoms with Crippen LogP contribution >= 0.6 is 0 Å². The van der Waals surface area contributed by atoms with Gasteiger partial charge in [-0.25, -0.2) is 9.67 Å². The standard InChI is InChI=1S/C8H11N7/c9-8-10-5-14(13-8)4-7-12-11-6-2-1-3-15(6)7/h5H,1-4H2,(H2,9,13). The first-order chi connectivity index (χ1) is 7.33. The molecule has 3 rings (SSSR count). The van der Waals surface area contributed by atoms with Gasteiger partial charge in [0.1, 0.15) is 18.7 Å². The molecule has 2 N–H and O–H groups in total. The third-order valence-electron chi connectivity index (χ3n) is 2.54. The van der Waals surface area contributed by atoms with Gasteiger partial charge < -0.3 is 10.3 Å². The number of hydrogen-bond donors (Lipinski definition) is 1. The zero-order chi connectivity index (χ0) is 10.3. The number of aryl methyl sites for hydroxylation is 1. The molecule has 3 heterocycles. The number of nitrogens with zero attached hydrogens (tertiary/aromatic N) is 6. The second-order valence-electron chi connectivity index (χ2n) is 3.59. The molecule has 1 aliphatic heterocycles. The second kappa shape index (κ2) is 3.04.